The van der Waals surface area contributed by atoms with Crippen LogP contribution in [0.2, 0.25) is 19.6 Å². The highest BCUT2D eigenvalue weighted by Gasteiger charge is 2.24. The Labute approximate surface area is 122 Å². The van der Waals surface area contributed by atoms with Gasteiger partial charge < -0.3 is 9.16 Å². The van der Waals surface area contributed by atoms with Gasteiger partial charge in [0.25, 0.3) is 0 Å². The summed E-state index contributed by atoms with van der Waals surface area (Å²) < 4.78 is 10.6. The molecule has 2 atom stereocenters. The quantitative estimate of drug-likeness (QED) is 0.452. The Morgan fingerprint density at radius 3 is 2.30 bits per heavy atom. The first-order valence-corrected chi connectivity index (χ1v) is 10.2. The molecule has 0 N–H and O–H groups in total. The molecule has 0 aliphatic heterocycles. The van der Waals surface area contributed by atoms with Crippen molar-refractivity contribution in [2.75, 3.05) is 7.11 Å². The lowest BCUT2D eigenvalue weighted by Gasteiger charge is -2.21. The number of methoxy groups -OCH3 is 1. The summed E-state index contributed by atoms with van der Waals surface area (Å²) in [4.78, 5) is 11.8. The molecule has 0 saturated heterocycles. The summed E-state index contributed by atoms with van der Waals surface area (Å²) in [5.74, 6) is -0.500. The van der Waals surface area contributed by atoms with Gasteiger partial charge in [-0.1, -0.05) is 37.3 Å². The van der Waals surface area contributed by atoms with Gasteiger partial charge >= 0.3 is 5.97 Å². The Kier molecular flexibility index (Phi) is 6.01. The maximum absolute atomic E-state index is 11.8. The third-order valence-corrected chi connectivity index (χ3v) is 3.85. The van der Waals surface area contributed by atoms with Crippen molar-refractivity contribution in [3.63, 3.8) is 0 Å². The molecule has 0 spiro atoms. The molecule has 2 unspecified atom stereocenters. The number of esters is 1. The number of ether oxygens (including phenoxy) is 1. The van der Waals surface area contributed by atoms with Crippen molar-refractivity contribution in [2.45, 2.75) is 32.5 Å². The van der Waals surface area contributed by atoms with Gasteiger partial charge in [-0.25, -0.2) is 0 Å². The lowest BCUT2D eigenvalue weighted by molar-refractivity contribution is -0.145. The summed E-state index contributed by atoms with van der Waals surface area (Å²) >= 11 is 0. The SMILES string of the molecule is COC(=O)C(C)C(/C=C/O[Si](C)(C)C)c1ccccc1. The van der Waals surface area contributed by atoms with Gasteiger partial charge in [-0.05, 0) is 31.3 Å². The van der Waals surface area contributed by atoms with Gasteiger partial charge in [0.05, 0.1) is 19.3 Å². The van der Waals surface area contributed by atoms with Crippen molar-refractivity contribution in [2.24, 2.45) is 5.92 Å². The fourth-order valence-corrected chi connectivity index (χ4v) is 2.39. The lowest BCUT2D eigenvalue weighted by atomic mass is 9.87. The van der Waals surface area contributed by atoms with Crippen molar-refractivity contribution < 1.29 is 14.0 Å². The van der Waals surface area contributed by atoms with Crippen LogP contribution in [-0.2, 0) is 14.0 Å². The Bertz CT molecular complexity index is 449. The first kappa shape index (κ1) is 16.5. The van der Waals surface area contributed by atoms with E-state index in [0.29, 0.717) is 0 Å². The highest BCUT2D eigenvalue weighted by molar-refractivity contribution is 6.69. The monoisotopic (exact) mass is 292 g/mol. The standard InChI is InChI=1S/C16H24O3Si/c1-13(16(17)18-2)15(11-12-19-20(3,4)5)14-9-7-6-8-10-14/h6-13,15H,1-5H3/b12-11+. The summed E-state index contributed by atoms with van der Waals surface area (Å²) in [6.07, 6.45) is 3.69. The van der Waals surface area contributed by atoms with Gasteiger partial charge in [-0.2, -0.15) is 0 Å². The third kappa shape index (κ3) is 5.21. The van der Waals surface area contributed by atoms with Crippen LogP contribution in [0.15, 0.2) is 42.7 Å². The van der Waals surface area contributed by atoms with Crippen LogP contribution in [0, 0.1) is 5.92 Å². The van der Waals surface area contributed by atoms with E-state index in [0.717, 1.165) is 5.56 Å². The number of allylic oxidation sites excluding steroid dienone is 1. The second kappa shape index (κ2) is 7.29. The fourth-order valence-electron chi connectivity index (χ4n) is 1.90. The molecule has 1 aromatic carbocycles. The number of carbonyl (C=O) groups is 1. The molecule has 0 bridgehead atoms. The van der Waals surface area contributed by atoms with Gasteiger partial charge in [0.15, 0.2) is 0 Å². The van der Waals surface area contributed by atoms with Gasteiger partial charge in [0.1, 0.15) is 0 Å². The van der Waals surface area contributed by atoms with Crippen molar-refractivity contribution in [3.8, 4) is 0 Å². The molecule has 0 aliphatic carbocycles. The minimum Gasteiger partial charge on any atom is -0.550 e. The highest BCUT2D eigenvalue weighted by Crippen LogP contribution is 2.27. The van der Waals surface area contributed by atoms with Crippen LogP contribution < -0.4 is 0 Å². The molecular weight excluding hydrogens is 268 g/mol. The molecule has 0 heterocycles. The molecule has 20 heavy (non-hydrogen) atoms. The Balaban J connectivity index is 2.94. The smallest absolute Gasteiger partial charge is 0.309 e. The third-order valence-electron chi connectivity index (χ3n) is 3.00. The summed E-state index contributed by atoms with van der Waals surface area (Å²) in [7, 11) is -0.178. The molecular formula is C16H24O3Si. The van der Waals surface area contributed by atoms with E-state index in [4.69, 9.17) is 9.16 Å². The molecule has 3 nitrogen and oxygen atoms in total. The molecule has 1 aromatic rings. The van der Waals surface area contributed by atoms with E-state index in [1.165, 1.54) is 7.11 Å². The minimum absolute atomic E-state index is 0.0417. The maximum Gasteiger partial charge on any atom is 0.309 e. The molecule has 1 rings (SSSR count). The second-order valence-corrected chi connectivity index (χ2v) is 10.3. The topological polar surface area (TPSA) is 35.5 Å². The van der Waals surface area contributed by atoms with E-state index in [9.17, 15) is 4.79 Å². The van der Waals surface area contributed by atoms with E-state index in [1.807, 2.05) is 43.3 Å². The van der Waals surface area contributed by atoms with E-state index in [-0.39, 0.29) is 17.8 Å². The Hall–Kier alpha value is -1.55. The zero-order chi connectivity index (χ0) is 15.2. The van der Waals surface area contributed by atoms with E-state index < -0.39 is 8.32 Å². The number of benzene rings is 1. The largest absolute Gasteiger partial charge is 0.550 e. The normalized spacial score (nSPS) is 14.8. The van der Waals surface area contributed by atoms with Crippen molar-refractivity contribution in [3.05, 3.63) is 48.2 Å². The molecule has 110 valence electrons. The van der Waals surface area contributed by atoms with Gasteiger partial charge in [0, 0.05) is 5.92 Å². The fraction of sp³-hybridized carbons (Fsp3) is 0.438. The van der Waals surface area contributed by atoms with Crippen LogP contribution >= 0.6 is 0 Å². The van der Waals surface area contributed by atoms with Gasteiger partial charge in [0.2, 0.25) is 8.32 Å². The zero-order valence-electron chi connectivity index (χ0n) is 12.9. The minimum atomic E-state index is -1.60. The van der Waals surface area contributed by atoms with Crippen molar-refractivity contribution in [1.82, 2.24) is 0 Å². The molecule has 0 saturated carbocycles. The van der Waals surface area contributed by atoms with Crippen molar-refractivity contribution >= 4 is 14.3 Å². The van der Waals surface area contributed by atoms with Crippen LogP contribution in [0.1, 0.15) is 18.4 Å². The average Bonchev–Trinajstić information content (AvgIpc) is 2.42. The first-order valence-electron chi connectivity index (χ1n) is 6.82. The molecule has 4 heteroatoms. The van der Waals surface area contributed by atoms with E-state index in [1.54, 1.807) is 6.26 Å². The summed E-state index contributed by atoms with van der Waals surface area (Å²) in [5.41, 5.74) is 1.08. The number of carbonyl (C=O) groups excluding carboxylic acids is 1. The maximum atomic E-state index is 11.8. The first-order chi connectivity index (χ1) is 9.35. The summed E-state index contributed by atoms with van der Waals surface area (Å²) in [5, 5.41) is 0. The Morgan fingerprint density at radius 2 is 1.80 bits per heavy atom. The molecule has 0 radical (unpaired) electrons. The predicted octanol–water partition coefficient (Wildman–Crippen LogP) is 3.94. The predicted molar refractivity (Wildman–Crippen MR) is 83.9 cm³/mol. The number of hydrogen-bond donors (Lipinski definition) is 0. The zero-order valence-corrected chi connectivity index (χ0v) is 13.9. The average molecular weight is 292 g/mol. The number of hydrogen-bond acceptors (Lipinski definition) is 3. The molecule has 0 aromatic heterocycles. The van der Waals surface area contributed by atoms with E-state index >= 15 is 0 Å². The van der Waals surface area contributed by atoms with Crippen LogP contribution in [-0.4, -0.2) is 21.4 Å². The number of rotatable bonds is 6. The molecule has 0 fully saturated rings. The highest BCUT2D eigenvalue weighted by atomic mass is 28.4. The molecule has 0 amide bonds. The van der Waals surface area contributed by atoms with Crippen LogP contribution in [0.25, 0.3) is 0 Å². The van der Waals surface area contributed by atoms with Crippen LogP contribution in [0.4, 0.5) is 0 Å². The van der Waals surface area contributed by atoms with Gasteiger partial charge in [-0.3, -0.25) is 4.79 Å². The summed E-state index contributed by atoms with van der Waals surface area (Å²) in [6.45, 7) is 8.25. The van der Waals surface area contributed by atoms with Gasteiger partial charge in [-0.15, -0.1) is 0 Å². The van der Waals surface area contributed by atoms with E-state index in [2.05, 4.69) is 19.6 Å². The Morgan fingerprint density at radius 1 is 1.20 bits per heavy atom. The van der Waals surface area contributed by atoms with Crippen molar-refractivity contribution in [1.29, 1.82) is 0 Å². The summed E-state index contributed by atoms with van der Waals surface area (Å²) in [6, 6.07) is 9.94. The van der Waals surface area contributed by atoms with Crippen LogP contribution in [0.5, 0.6) is 0 Å². The molecule has 0 aliphatic rings. The lowest BCUT2D eigenvalue weighted by Crippen LogP contribution is -2.23. The van der Waals surface area contributed by atoms with Crippen LogP contribution in [0.3, 0.4) is 0 Å². The second-order valence-electron chi connectivity index (χ2n) is 5.81.